The molecule has 0 aromatic heterocycles. The minimum Gasteiger partial charge on any atom is -0.465 e. The summed E-state index contributed by atoms with van der Waals surface area (Å²) in [4.78, 5) is 40.5. The van der Waals surface area contributed by atoms with Crippen LogP contribution in [0.2, 0.25) is 0 Å². The summed E-state index contributed by atoms with van der Waals surface area (Å²) in [5.74, 6) is -2.29. The third-order valence-electron chi connectivity index (χ3n) is 6.93. The lowest BCUT2D eigenvalue weighted by Gasteiger charge is -2.37. The third kappa shape index (κ3) is 6.09. The molecule has 2 amide bonds. The number of nitrogens with zero attached hydrogens (tertiary/aromatic N) is 3. The van der Waals surface area contributed by atoms with Gasteiger partial charge >= 0.3 is 5.97 Å². The van der Waals surface area contributed by atoms with Gasteiger partial charge in [0.2, 0.25) is 5.91 Å². The van der Waals surface area contributed by atoms with Gasteiger partial charge in [-0.25, -0.2) is 4.79 Å². The molecule has 0 saturated carbocycles. The summed E-state index contributed by atoms with van der Waals surface area (Å²) in [6.45, 7) is -12.1. The number of hydrogen-bond donors (Lipinski definition) is 1. The van der Waals surface area contributed by atoms with Gasteiger partial charge in [-0.05, 0) is 61.4 Å². The summed E-state index contributed by atoms with van der Waals surface area (Å²) in [6.07, 6.45) is 0.253. The zero-order valence-electron chi connectivity index (χ0n) is 32.1. The molecule has 2 aliphatic rings. The Labute approximate surface area is 253 Å². The van der Waals surface area contributed by atoms with Crippen molar-refractivity contribution in [3.05, 3.63) is 95.1 Å². The second kappa shape index (κ2) is 12.1. The molecule has 1 saturated heterocycles. The second-order valence-corrected chi connectivity index (χ2v) is 9.56. The standard InChI is InChI=1S/C33H36N4O4/c1-22-20-37(17-16-35(22)2)21-30(38)36(3)26-13-10-23(11-14-26)18-28(24-8-6-5-7-9-24)31-27-15-12-25(33(40)41-4)19-29(27)34-32(31)39/h5-15,19,22H,16-18,20-21H2,1-4H3,(H,34,39)/b31-28+/i16D2,17D2,20D2,21D2,22D. The van der Waals surface area contributed by atoms with Crippen LogP contribution in [0.25, 0.3) is 11.1 Å². The van der Waals surface area contributed by atoms with E-state index in [2.05, 4.69) is 5.32 Å². The van der Waals surface area contributed by atoms with E-state index in [0.717, 1.165) is 24.4 Å². The molecule has 41 heavy (non-hydrogen) atoms. The van der Waals surface area contributed by atoms with E-state index in [1.807, 2.05) is 30.3 Å². The van der Waals surface area contributed by atoms with E-state index in [1.165, 1.54) is 26.3 Å². The number of piperazine rings is 1. The van der Waals surface area contributed by atoms with Crippen molar-refractivity contribution in [2.45, 2.75) is 19.4 Å². The van der Waals surface area contributed by atoms with Crippen molar-refractivity contribution in [2.24, 2.45) is 0 Å². The normalized spacial score (nSPS) is 27.5. The van der Waals surface area contributed by atoms with E-state index in [9.17, 15) is 14.4 Å². The first kappa shape index (κ1) is 19.0. The number of methoxy groups -OCH3 is 1. The summed E-state index contributed by atoms with van der Waals surface area (Å²) in [5.41, 5.74) is 4.06. The number of anilines is 2. The first-order chi connectivity index (χ1) is 23.1. The van der Waals surface area contributed by atoms with E-state index < -0.39 is 43.9 Å². The van der Waals surface area contributed by atoms with Crippen LogP contribution in [0.15, 0.2) is 72.8 Å². The molecule has 1 fully saturated rings. The average Bonchev–Trinajstić information content (AvgIpc) is 3.39. The number of nitrogens with one attached hydrogen (secondary N) is 1. The Bertz CT molecular complexity index is 1860. The predicted molar refractivity (Wildman–Crippen MR) is 162 cm³/mol. The molecule has 0 spiro atoms. The van der Waals surface area contributed by atoms with Crippen LogP contribution >= 0.6 is 0 Å². The number of benzene rings is 3. The first-order valence-electron chi connectivity index (χ1n) is 17.4. The van der Waals surface area contributed by atoms with Crippen molar-refractivity contribution >= 4 is 40.3 Å². The zero-order chi connectivity index (χ0) is 37.2. The number of carbonyl (C=O) groups is 3. The molecule has 1 unspecified atom stereocenters. The molecule has 2 heterocycles. The highest BCUT2D eigenvalue weighted by Gasteiger charge is 2.29. The fraction of sp³-hybridized carbons (Fsp3) is 0.303. The largest absolute Gasteiger partial charge is 0.465 e. The number of carbonyl (C=O) groups excluding carboxylic acids is 3. The van der Waals surface area contributed by atoms with Gasteiger partial charge in [0.15, 0.2) is 0 Å². The lowest BCUT2D eigenvalue weighted by molar-refractivity contribution is -0.120. The molecule has 2 aliphatic heterocycles. The summed E-state index contributed by atoms with van der Waals surface area (Å²) in [6, 6.07) is 17.9. The van der Waals surface area contributed by atoms with Crippen LogP contribution in [-0.4, -0.2) is 80.8 Å². The molecule has 3 aromatic rings. The molecule has 1 atom stereocenters. The zero-order valence-corrected chi connectivity index (χ0v) is 23.1. The number of amides is 2. The smallest absolute Gasteiger partial charge is 0.337 e. The highest BCUT2D eigenvalue weighted by molar-refractivity contribution is 6.37. The Morgan fingerprint density at radius 1 is 1.10 bits per heavy atom. The molecular formula is C33H36N4O4. The molecule has 3 aromatic carbocycles. The lowest BCUT2D eigenvalue weighted by Crippen LogP contribution is -2.52. The van der Waals surface area contributed by atoms with E-state index in [-0.39, 0.29) is 28.5 Å². The molecule has 1 N–H and O–H groups in total. The van der Waals surface area contributed by atoms with Gasteiger partial charge in [0.05, 0.1) is 27.5 Å². The van der Waals surface area contributed by atoms with E-state index in [0.29, 0.717) is 32.9 Å². The maximum atomic E-state index is 13.7. The van der Waals surface area contributed by atoms with Crippen molar-refractivity contribution in [1.29, 1.82) is 0 Å². The van der Waals surface area contributed by atoms with Crippen LogP contribution in [0.5, 0.6) is 0 Å². The fourth-order valence-corrected chi connectivity index (χ4v) is 4.55. The van der Waals surface area contributed by atoms with E-state index >= 15 is 0 Å². The van der Waals surface area contributed by atoms with Gasteiger partial charge in [0, 0.05) is 59.1 Å². The fourth-order valence-electron chi connectivity index (χ4n) is 4.55. The predicted octanol–water partition coefficient (Wildman–Crippen LogP) is 4.18. The van der Waals surface area contributed by atoms with Crippen molar-refractivity contribution in [2.75, 3.05) is 57.4 Å². The Hall–Kier alpha value is -4.27. The number of likely N-dealkylation sites (N-methyl/N-ethyl adjacent to an activating group) is 2. The average molecular weight is 562 g/mol. The van der Waals surface area contributed by atoms with Crippen LogP contribution in [0.1, 0.15) is 46.3 Å². The minimum absolute atomic E-state index is 0.121. The van der Waals surface area contributed by atoms with Crippen LogP contribution in [0, 0.1) is 0 Å². The van der Waals surface area contributed by atoms with Gasteiger partial charge in [0.1, 0.15) is 0 Å². The van der Waals surface area contributed by atoms with Crippen LogP contribution in [0.3, 0.4) is 0 Å². The molecule has 0 bridgehead atoms. The van der Waals surface area contributed by atoms with Crippen LogP contribution < -0.4 is 10.2 Å². The van der Waals surface area contributed by atoms with E-state index in [1.54, 1.807) is 30.3 Å². The van der Waals surface area contributed by atoms with Crippen molar-refractivity contribution < 1.29 is 31.5 Å². The molecule has 5 rings (SSSR count). The number of rotatable bonds is 7. The molecule has 8 heteroatoms. The van der Waals surface area contributed by atoms with Gasteiger partial charge < -0.3 is 19.9 Å². The quantitative estimate of drug-likeness (QED) is 0.344. The highest BCUT2D eigenvalue weighted by Crippen LogP contribution is 2.39. The van der Waals surface area contributed by atoms with Gasteiger partial charge in [-0.1, -0.05) is 48.5 Å². The maximum Gasteiger partial charge on any atom is 0.337 e. The topological polar surface area (TPSA) is 82.2 Å². The summed E-state index contributed by atoms with van der Waals surface area (Å²) >= 11 is 0. The monoisotopic (exact) mass is 561 g/mol. The molecule has 0 radical (unpaired) electrons. The Morgan fingerprint density at radius 2 is 1.83 bits per heavy atom. The summed E-state index contributed by atoms with van der Waals surface area (Å²) in [5, 5.41) is 2.82. The van der Waals surface area contributed by atoms with Gasteiger partial charge in [0.25, 0.3) is 5.91 Å². The molecule has 8 nitrogen and oxygen atoms in total. The third-order valence-corrected chi connectivity index (χ3v) is 6.93. The number of esters is 1. The van der Waals surface area contributed by atoms with Crippen molar-refractivity contribution in [1.82, 2.24) is 9.80 Å². The van der Waals surface area contributed by atoms with Crippen molar-refractivity contribution in [3.63, 3.8) is 0 Å². The molecule has 212 valence electrons. The Balaban J connectivity index is 1.48. The molecular weight excluding hydrogens is 516 g/mol. The summed E-state index contributed by atoms with van der Waals surface area (Å²) in [7, 11) is 3.53. The van der Waals surface area contributed by atoms with Gasteiger partial charge in [-0.2, -0.15) is 0 Å². The lowest BCUT2D eigenvalue weighted by atomic mass is 9.90. The number of fused-ring (bicyclic) bond motifs is 1. The Morgan fingerprint density at radius 3 is 2.54 bits per heavy atom. The maximum absolute atomic E-state index is 13.7. The van der Waals surface area contributed by atoms with E-state index in [4.69, 9.17) is 17.1 Å². The first-order valence-corrected chi connectivity index (χ1v) is 12.9. The highest BCUT2D eigenvalue weighted by atomic mass is 16.5. The number of ether oxygens (including phenoxy) is 1. The minimum atomic E-state index is -3.45. The molecule has 0 aliphatic carbocycles. The number of allylic oxidation sites excluding steroid dienone is 1. The van der Waals surface area contributed by atoms with Crippen molar-refractivity contribution in [3.8, 4) is 0 Å². The second-order valence-electron chi connectivity index (χ2n) is 9.56. The summed E-state index contributed by atoms with van der Waals surface area (Å²) < 4.78 is 81.4. The SMILES string of the molecule is [2H]C([2H])(C(=O)N(C)c1ccc(C/C(=C2\C(=O)Nc3cc(C(=O)OC)ccc32)c2ccccc2)cc1)N1C([2H])([2H])C([2H])([2H])N(C)C([2H])(C)C1([2H])[2H]. The van der Waals surface area contributed by atoms with Crippen LogP contribution in [0.4, 0.5) is 11.4 Å². The van der Waals surface area contributed by atoms with Gasteiger partial charge in [-0.3, -0.25) is 14.5 Å². The van der Waals surface area contributed by atoms with Crippen LogP contribution in [-0.2, 0) is 20.7 Å². The Kier molecular flexibility index (Phi) is 5.59. The number of hydrogen-bond acceptors (Lipinski definition) is 6. The van der Waals surface area contributed by atoms with Gasteiger partial charge in [-0.15, -0.1) is 0 Å².